The van der Waals surface area contributed by atoms with Gasteiger partial charge in [-0.1, -0.05) is 30.3 Å². The molecular formula is C20H17BrO6. The number of Topliss-reactive ketones (excluding diaryl/α,β-unsaturated/α-hetero) is 2. The second-order valence-corrected chi connectivity index (χ2v) is 7.04. The molecule has 3 rings (SSSR count). The lowest BCUT2D eigenvalue weighted by molar-refractivity contribution is -0.167. The second kappa shape index (κ2) is 7.62. The molecule has 0 spiro atoms. The summed E-state index contributed by atoms with van der Waals surface area (Å²) >= 11 is 3.23. The summed E-state index contributed by atoms with van der Waals surface area (Å²) in [5.74, 6) is -1.50. The molecule has 1 heterocycles. The van der Waals surface area contributed by atoms with E-state index in [9.17, 15) is 14.4 Å². The third-order valence-corrected chi connectivity index (χ3v) is 4.96. The van der Waals surface area contributed by atoms with Gasteiger partial charge in [-0.3, -0.25) is 14.4 Å². The Balaban J connectivity index is 1.78. The van der Waals surface area contributed by atoms with Crippen LogP contribution >= 0.6 is 15.9 Å². The number of halogens is 1. The third kappa shape index (κ3) is 3.79. The molecule has 2 aliphatic rings. The van der Waals surface area contributed by atoms with Crippen LogP contribution in [0, 0.1) is 0 Å². The first kappa shape index (κ1) is 19.3. The van der Waals surface area contributed by atoms with E-state index in [1.807, 2.05) is 30.3 Å². The molecule has 0 N–H and O–H groups in total. The van der Waals surface area contributed by atoms with Gasteiger partial charge >= 0.3 is 5.97 Å². The Morgan fingerprint density at radius 2 is 1.85 bits per heavy atom. The zero-order chi connectivity index (χ0) is 19.6. The van der Waals surface area contributed by atoms with Gasteiger partial charge < -0.3 is 14.2 Å². The van der Waals surface area contributed by atoms with E-state index >= 15 is 0 Å². The normalized spacial score (nSPS) is 21.9. The molecule has 27 heavy (non-hydrogen) atoms. The van der Waals surface area contributed by atoms with E-state index in [0.29, 0.717) is 17.9 Å². The largest absolute Gasteiger partial charge is 0.466 e. The predicted octanol–water partition coefficient (Wildman–Crippen LogP) is 3.12. The van der Waals surface area contributed by atoms with E-state index in [2.05, 4.69) is 15.9 Å². The number of hydrogen-bond donors (Lipinski definition) is 0. The lowest BCUT2D eigenvalue weighted by Gasteiger charge is -2.32. The van der Waals surface area contributed by atoms with Gasteiger partial charge in [0.15, 0.2) is 0 Å². The van der Waals surface area contributed by atoms with Gasteiger partial charge in [-0.25, -0.2) is 0 Å². The summed E-state index contributed by atoms with van der Waals surface area (Å²) in [5, 5.41) is 0. The van der Waals surface area contributed by atoms with Gasteiger partial charge in [0, 0.05) is 12.5 Å². The molecule has 0 fully saturated rings. The van der Waals surface area contributed by atoms with Crippen molar-refractivity contribution in [3.05, 3.63) is 69.6 Å². The number of allylic oxidation sites excluding steroid dienone is 2. The van der Waals surface area contributed by atoms with Gasteiger partial charge in [-0.2, -0.15) is 0 Å². The Labute approximate surface area is 164 Å². The SMILES string of the molecule is CC(=O)OC1(C)C(=O)C2=COC(COCc3ccccc3)=CC2=C(Br)C1=O. The molecule has 0 saturated heterocycles. The number of ketones is 2. The Bertz CT molecular complexity index is 896. The summed E-state index contributed by atoms with van der Waals surface area (Å²) < 4.78 is 16.3. The minimum Gasteiger partial charge on any atom is -0.466 e. The maximum atomic E-state index is 12.7. The molecule has 0 aromatic heterocycles. The molecule has 0 bridgehead atoms. The first-order valence-electron chi connectivity index (χ1n) is 8.21. The lowest BCUT2D eigenvalue weighted by atomic mass is 9.80. The van der Waals surface area contributed by atoms with Crippen molar-refractivity contribution in [3.63, 3.8) is 0 Å². The van der Waals surface area contributed by atoms with Crippen LogP contribution in [0.25, 0.3) is 0 Å². The van der Waals surface area contributed by atoms with Crippen LogP contribution in [0.5, 0.6) is 0 Å². The summed E-state index contributed by atoms with van der Waals surface area (Å²) in [7, 11) is 0. The van der Waals surface area contributed by atoms with Crippen molar-refractivity contribution in [1.29, 1.82) is 0 Å². The van der Waals surface area contributed by atoms with Gasteiger partial charge in [0.25, 0.3) is 0 Å². The molecule has 1 aromatic rings. The second-order valence-electron chi connectivity index (χ2n) is 6.25. The van der Waals surface area contributed by atoms with Crippen molar-refractivity contribution in [2.45, 2.75) is 26.1 Å². The molecule has 1 aliphatic carbocycles. The maximum Gasteiger partial charge on any atom is 0.304 e. The molecule has 0 amide bonds. The highest BCUT2D eigenvalue weighted by atomic mass is 79.9. The average Bonchev–Trinajstić information content (AvgIpc) is 2.65. The van der Waals surface area contributed by atoms with Crippen molar-refractivity contribution in [1.82, 2.24) is 0 Å². The zero-order valence-corrected chi connectivity index (χ0v) is 16.4. The topological polar surface area (TPSA) is 78.9 Å². The molecule has 1 unspecified atom stereocenters. The van der Waals surface area contributed by atoms with Crippen LogP contribution in [0.3, 0.4) is 0 Å². The number of fused-ring (bicyclic) bond motifs is 1. The number of esters is 1. The third-order valence-electron chi connectivity index (χ3n) is 4.17. The summed E-state index contributed by atoms with van der Waals surface area (Å²) in [6, 6.07) is 9.66. The number of benzene rings is 1. The van der Waals surface area contributed by atoms with E-state index in [-0.39, 0.29) is 16.7 Å². The smallest absolute Gasteiger partial charge is 0.304 e. The molecule has 0 saturated carbocycles. The number of rotatable bonds is 5. The molecule has 140 valence electrons. The lowest BCUT2D eigenvalue weighted by Crippen LogP contribution is -2.51. The van der Waals surface area contributed by atoms with E-state index in [1.54, 1.807) is 6.08 Å². The van der Waals surface area contributed by atoms with Gasteiger partial charge in [0.1, 0.15) is 18.6 Å². The van der Waals surface area contributed by atoms with Gasteiger partial charge in [0.2, 0.25) is 17.2 Å². The van der Waals surface area contributed by atoms with Crippen LogP contribution in [-0.4, -0.2) is 29.7 Å². The fourth-order valence-electron chi connectivity index (χ4n) is 2.82. The number of carbonyl (C=O) groups is 3. The van der Waals surface area contributed by atoms with Gasteiger partial charge in [-0.05, 0) is 34.5 Å². The monoisotopic (exact) mass is 432 g/mol. The van der Waals surface area contributed by atoms with Crippen molar-refractivity contribution in [2.75, 3.05) is 6.61 Å². The zero-order valence-electron chi connectivity index (χ0n) is 14.8. The highest BCUT2D eigenvalue weighted by Gasteiger charge is 2.52. The Morgan fingerprint density at radius 1 is 1.15 bits per heavy atom. The van der Waals surface area contributed by atoms with E-state index in [1.165, 1.54) is 13.2 Å². The highest BCUT2D eigenvalue weighted by Crippen LogP contribution is 2.39. The van der Waals surface area contributed by atoms with Crippen LogP contribution in [0.1, 0.15) is 19.4 Å². The van der Waals surface area contributed by atoms with Gasteiger partial charge in [-0.15, -0.1) is 0 Å². The quantitative estimate of drug-likeness (QED) is 0.525. The summed E-state index contributed by atoms with van der Waals surface area (Å²) in [4.78, 5) is 36.7. The fourth-order valence-corrected chi connectivity index (χ4v) is 3.53. The number of carbonyl (C=O) groups excluding carboxylic acids is 3. The van der Waals surface area contributed by atoms with Crippen LogP contribution in [0.2, 0.25) is 0 Å². The van der Waals surface area contributed by atoms with E-state index < -0.39 is 23.1 Å². The van der Waals surface area contributed by atoms with Crippen LogP contribution in [0.15, 0.2) is 64.1 Å². The van der Waals surface area contributed by atoms with Crippen LogP contribution < -0.4 is 0 Å². The van der Waals surface area contributed by atoms with Crippen molar-refractivity contribution >= 4 is 33.5 Å². The summed E-state index contributed by atoms with van der Waals surface area (Å²) in [6.07, 6.45) is 2.84. The van der Waals surface area contributed by atoms with E-state index in [4.69, 9.17) is 14.2 Å². The summed E-state index contributed by atoms with van der Waals surface area (Å²) in [6.45, 7) is 3.00. The molecule has 0 radical (unpaired) electrons. The predicted molar refractivity (Wildman–Crippen MR) is 99.5 cm³/mol. The molecular weight excluding hydrogens is 416 g/mol. The molecule has 7 heteroatoms. The number of ether oxygens (including phenoxy) is 3. The molecule has 6 nitrogen and oxygen atoms in total. The molecule has 1 aliphatic heterocycles. The first-order chi connectivity index (χ1) is 12.8. The minimum atomic E-state index is -1.90. The van der Waals surface area contributed by atoms with Crippen molar-refractivity contribution < 1.29 is 28.6 Å². The average molecular weight is 433 g/mol. The van der Waals surface area contributed by atoms with Gasteiger partial charge in [0.05, 0.1) is 16.7 Å². The van der Waals surface area contributed by atoms with Crippen LogP contribution in [-0.2, 0) is 35.2 Å². The molecule has 1 atom stereocenters. The summed E-state index contributed by atoms with van der Waals surface area (Å²) in [5.41, 5.74) is -0.333. The van der Waals surface area contributed by atoms with Crippen molar-refractivity contribution in [3.8, 4) is 0 Å². The number of hydrogen-bond acceptors (Lipinski definition) is 6. The minimum absolute atomic E-state index is 0.154. The standard InChI is InChI=1S/C20H17BrO6/c1-12(22)27-20(2)18(23)16-11-26-14(8-15(16)17(21)19(20)24)10-25-9-13-6-4-3-5-7-13/h3-8,11H,9-10H2,1-2H3. The molecule has 1 aromatic carbocycles. The first-order valence-corrected chi connectivity index (χ1v) is 9.00. The Kier molecular flexibility index (Phi) is 5.43. The Hall–Kier alpha value is -2.51. The van der Waals surface area contributed by atoms with Crippen LogP contribution in [0.4, 0.5) is 0 Å². The van der Waals surface area contributed by atoms with Crippen molar-refractivity contribution in [2.24, 2.45) is 0 Å². The fraction of sp³-hybridized carbons (Fsp3) is 0.250. The highest BCUT2D eigenvalue weighted by molar-refractivity contribution is 9.12. The van der Waals surface area contributed by atoms with E-state index in [0.717, 1.165) is 12.5 Å². The Morgan fingerprint density at radius 3 is 2.52 bits per heavy atom. The maximum absolute atomic E-state index is 12.7.